The fourth-order valence-corrected chi connectivity index (χ4v) is 5.05. The number of rotatable bonds is 2. The third kappa shape index (κ3) is 3.15. The molecule has 0 aromatic heterocycles. The second-order valence-electron chi connectivity index (χ2n) is 8.32. The lowest BCUT2D eigenvalue weighted by Gasteiger charge is -2.39. The van der Waals surface area contributed by atoms with Gasteiger partial charge in [-0.3, -0.25) is 0 Å². The van der Waals surface area contributed by atoms with E-state index in [-0.39, 0.29) is 0 Å². The van der Waals surface area contributed by atoms with Crippen LogP contribution >= 0.6 is 12.2 Å². The SMILES string of the molecule is CCc1ccc(NC(=S)N2C[C@]3(C)C[C@H]2CC(C)(C)C3)cc1. The molecule has 2 fully saturated rings. The molecular formula is C19H28N2S. The number of hydrogen-bond acceptors (Lipinski definition) is 1. The molecule has 1 saturated carbocycles. The molecule has 3 heteroatoms. The van der Waals surface area contributed by atoms with Crippen LogP contribution in [0.25, 0.3) is 0 Å². The fourth-order valence-electron chi connectivity index (χ4n) is 4.72. The molecule has 22 heavy (non-hydrogen) atoms. The average molecular weight is 317 g/mol. The number of aryl methyl sites for hydroxylation is 1. The Morgan fingerprint density at radius 1 is 1.23 bits per heavy atom. The van der Waals surface area contributed by atoms with Crippen molar-refractivity contribution < 1.29 is 0 Å². The van der Waals surface area contributed by atoms with Gasteiger partial charge in [0.15, 0.2) is 5.11 Å². The minimum Gasteiger partial charge on any atom is -0.345 e. The van der Waals surface area contributed by atoms with Gasteiger partial charge in [-0.05, 0) is 66.4 Å². The van der Waals surface area contributed by atoms with Crippen LogP contribution in [0.1, 0.15) is 52.5 Å². The lowest BCUT2D eigenvalue weighted by Crippen LogP contribution is -2.39. The summed E-state index contributed by atoms with van der Waals surface area (Å²) >= 11 is 5.72. The number of likely N-dealkylation sites (tertiary alicyclic amines) is 1. The standard InChI is InChI=1S/C19H28N2S/c1-5-14-6-8-15(9-7-14)20-17(22)21-13-19(4)11-16(21)10-18(2,3)12-19/h6-9,16H,5,10-13H2,1-4H3,(H,20,22)/t16-,19-/m1/s1. The first-order valence-electron chi connectivity index (χ1n) is 8.47. The maximum Gasteiger partial charge on any atom is 0.173 e. The van der Waals surface area contributed by atoms with Crippen LogP contribution in [0.5, 0.6) is 0 Å². The van der Waals surface area contributed by atoms with Gasteiger partial charge in [-0.15, -0.1) is 0 Å². The Kier molecular flexibility index (Phi) is 3.96. The predicted molar refractivity (Wildman–Crippen MR) is 98.3 cm³/mol. The normalized spacial score (nSPS) is 29.5. The van der Waals surface area contributed by atoms with Crippen LogP contribution in [0.2, 0.25) is 0 Å². The lowest BCUT2D eigenvalue weighted by molar-refractivity contribution is 0.132. The van der Waals surface area contributed by atoms with Crippen molar-refractivity contribution in [2.45, 2.75) is 59.4 Å². The molecule has 2 atom stereocenters. The summed E-state index contributed by atoms with van der Waals surface area (Å²) in [5.41, 5.74) is 3.32. The molecule has 3 rings (SSSR count). The highest BCUT2D eigenvalue weighted by Crippen LogP contribution is 2.52. The van der Waals surface area contributed by atoms with E-state index < -0.39 is 0 Å². The molecule has 2 nitrogen and oxygen atoms in total. The van der Waals surface area contributed by atoms with Crippen LogP contribution in [-0.4, -0.2) is 22.6 Å². The second-order valence-corrected chi connectivity index (χ2v) is 8.71. The fraction of sp³-hybridized carbons (Fsp3) is 0.632. The van der Waals surface area contributed by atoms with Crippen LogP contribution in [0.3, 0.4) is 0 Å². The van der Waals surface area contributed by atoms with Gasteiger partial charge < -0.3 is 10.2 Å². The smallest absolute Gasteiger partial charge is 0.173 e. The molecule has 1 N–H and O–H groups in total. The van der Waals surface area contributed by atoms with E-state index >= 15 is 0 Å². The van der Waals surface area contributed by atoms with E-state index in [0.717, 1.165) is 23.8 Å². The zero-order valence-electron chi connectivity index (χ0n) is 14.3. The van der Waals surface area contributed by atoms with Gasteiger partial charge in [0.2, 0.25) is 0 Å². The van der Waals surface area contributed by atoms with Gasteiger partial charge in [0, 0.05) is 18.3 Å². The highest BCUT2D eigenvalue weighted by atomic mass is 32.1. The topological polar surface area (TPSA) is 15.3 Å². The first-order valence-corrected chi connectivity index (χ1v) is 8.88. The summed E-state index contributed by atoms with van der Waals surface area (Å²) in [7, 11) is 0. The zero-order valence-corrected chi connectivity index (χ0v) is 15.1. The molecule has 1 heterocycles. The number of nitrogens with one attached hydrogen (secondary N) is 1. The van der Waals surface area contributed by atoms with E-state index in [4.69, 9.17) is 12.2 Å². The molecule has 0 amide bonds. The Morgan fingerprint density at radius 2 is 1.91 bits per heavy atom. The van der Waals surface area contributed by atoms with Gasteiger partial charge in [0.1, 0.15) is 0 Å². The first kappa shape index (κ1) is 15.8. The van der Waals surface area contributed by atoms with Crippen LogP contribution in [0.4, 0.5) is 5.69 Å². The molecule has 0 radical (unpaired) electrons. The Morgan fingerprint density at radius 3 is 2.55 bits per heavy atom. The Hall–Kier alpha value is -1.09. The summed E-state index contributed by atoms with van der Waals surface area (Å²) in [6.45, 7) is 10.5. The summed E-state index contributed by atoms with van der Waals surface area (Å²) in [4.78, 5) is 2.44. The van der Waals surface area contributed by atoms with Crippen molar-refractivity contribution in [3.63, 3.8) is 0 Å². The molecule has 1 aliphatic heterocycles. The third-order valence-corrected chi connectivity index (χ3v) is 5.63. The second kappa shape index (κ2) is 5.52. The quantitative estimate of drug-likeness (QED) is 0.785. The van der Waals surface area contributed by atoms with Crippen molar-refractivity contribution in [1.29, 1.82) is 0 Å². The van der Waals surface area contributed by atoms with Crippen molar-refractivity contribution in [2.75, 3.05) is 11.9 Å². The zero-order chi connectivity index (χ0) is 16.0. The maximum absolute atomic E-state index is 5.72. The molecule has 2 bridgehead atoms. The predicted octanol–water partition coefficient (Wildman–Crippen LogP) is 4.85. The van der Waals surface area contributed by atoms with Crippen LogP contribution in [-0.2, 0) is 6.42 Å². The molecule has 1 saturated heterocycles. The minimum absolute atomic E-state index is 0.421. The molecule has 0 unspecified atom stereocenters. The number of anilines is 1. The number of hydrogen-bond donors (Lipinski definition) is 1. The first-order chi connectivity index (χ1) is 10.3. The minimum atomic E-state index is 0.421. The Labute approximate surface area is 140 Å². The van der Waals surface area contributed by atoms with Gasteiger partial charge in [-0.2, -0.15) is 0 Å². The van der Waals surface area contributed by atoms with E-state index in [1.165, 1.54) is 24.8 Å². The third-order valence-electron chi connectivity index (χ3n) is 5.29. The molecule has 1 aliphatic carbocycles. The van der Waals surface area contributed by atoms with Crippen LogP contribution < -0.4 is 5.32 Å². The highest BCUT2D eigenvalue weighted by molar-refractivity contribution is 7.80. The largest absolute Gasteiger partial charge is 0.345 e. The van der Waals surface area contributed by atoms with Crippen molar-refractivity contribution in [2.24, 2.45) is 10.8 Å². The van der Waals surface area contributed by atoms with Crippen molar-refractivity contribution >= 4 is 23.0 Å². The van der Waals surface area contributed by atoms with E-state index in [0.29, 0.717) is 16.9 Å². The van der Waals surface area contributed by atoms with Crippen LogP contribution in [0, 0.1) is 10.8 Å². The molecule has 1 aromatic rings. The molecule has 2 aliphatic rings. The average Bonchev–Trinajstić information content (AvgIpc) is 2.69. The van der Waals surface area contributed by atoms with Crippen molar-refractivity contribution in [3.05, 3.63) is 29.8 Å². The van der Waals surface area contributed by atoms with Gasteiger partial charge in [-0.1, -0.05) is 39.8 Å². The summed E-state index contributed by atoms with van der Waals surface area (Å²) < 4.78 is 0. The number of nitrogens with zero attached hydrogens (tertiary/aromatic N) is 1. The van der Waals surface area contributed by atoms with Gasteiger partial charge in [-0.25, -0.2) is 0 Å². The Bertz CT molecular complexity index is 563. The molecular weight excluding hydrogens is 288 g/mol. The van der Waals surface area contributed by atoms with E-state index in [1.807, 2.05) is 0 Å². The van der Waals surface area contributed by atoms with Crippen molar-refractivity contribution in [1.82, 2.24) is 4.90 Å². The van der Waals surface area contributed by atoms with Gasteiger partial charge in [0.25, 0.3) is 0 Å². The molecule has 120 valence electrons. The molecule has 0 spiro atoms. The highest BCUT2D eigenvalue weighted by Gasteiger charge is 2.50. The summed E-state index contributed by atoms with van der Waals surface area (Å²) in [6, 6.07) is 9.23. The monoisotopic (exact) mass is 316 g/mol. The van der Waals surface area contributed by atoms with E-state index in [2.05, 4.69) is 62.2 Å². The van der Waals surface area contributed by atoms with Crippen molar-refractivity contribution in [3.8, 4) is 0 Å². The Balaban J connectivity index is 1.70. The summed E-state index contributed by atoms with van der Waals surface area (Å²) in [5.74, 6) is 0. The lowest BCUT2D eigenvalue weighted by atomic mass is 9.65. The summed E-state index contributed by atoms with van der Waals surface area (Å²) in [5, 5.41) is 4.35. The van der Waals surface area contributed by atoms with Crippen LogP contribution in [0.15, 0.2) is 24.3 Å². The molecule has 1 aromatic carbocycles. The van der Waals surface area contributed by atoms with Gasteiger partial charge in [0.05, 0.1) is 0 Å². The maximum atomic E-state index is 5.72. The van der Waals surface area contributed by atoms with E-state index in [1.54, 1.807) is 0 Å². The number of benzene rings is 1. The summed E-state index contributed by atoms with van der Waals surface area (Å²) in [6.07, 6.45) is 4.92. The van der Waals surface area contributed by atoms with E-state index in [9.17, 15) is 0 Å². The number of thiocarbonyl (C=S) groups is 1. The number of fused-ring (bicyclic) bond motifs is 2. The van der Waals surface area contributed by atoms with Gasteiger partial charge >= 0.3 is 0 Å².